The lowest BCUT2D eigenvalue weighted by Gasteiger charge is -2.31. The van der Waals surface area contributed by atoms with Gasteiger partial charge in [0.2, 0.25) is 5.88 Å². The summed E-state index contributed by atoms with van der Waals surface area (Å²) >= 11 is 0. The number of rotatable bonds is 5. The Bertz CT molecular complexity index is 1380. The number of likely N-dealkylation sites (tertiary alicyclic amines) is 1. The quantitative estimate of drug-likeness (QED) is 0.517. The number of aryl methyl sites for hydroxylation is 1. The van der Waals surface area contributed by atoms with Crippen LogP contribution in [0.2, 0.25) is 0 Å². The molecule has 4 rings (SSSR count). The van der Waals surface area contributed by atoms with Gasteiger partial charge in [0.1, 0.15) is 22.6 Å². The van der Waals surface area contributed by atoms with Crippen LogP contribution in [-0.4, -0.2) is 65.6 Å². The minimum atomic E-state index is -3.94. The highest BCUT2D eigenvalue weighted by Gasteiger charge is 2.27. The molecule has 0 saturated carbocycles. The molecule has 12 heteroatoms. The molecule has 0 radical (unpaired) electrons. The summed E-state index contributed by atoms with van der Waals surface area (Å²) < 4.78 is 65.7. The SMILES string of the molecule is Cc1nn2c(OC3CCN(C(=O)OC(C)C)CC3)ccnc2c1-c1cc(F)c(S(C)(=O)=O)cc1F. The average Bonchev–Trinajstić information content (AvgIpc) is 3.11. The van der Waals surface area contributed by atoms with E-state index >= 15 is 0 Å². The van der Waals surface area contributed by atoms with E-state index in [1.54, 1.807) is 31.7 Å². The maximum Gasteiger partial charge on any atom is 0.410 e. The fraction of sp³-hybridized carbons (Fsp3) is 0.435. The van der Waals surface area contributed by atoms with E-state index in [2.05, 4.69) is 10.1 Å². The third-order valence-corrected chi connectivity index (χ3v) is 6.79. The number of fused-ring (bicyclic) bond motifs is 1. The lowest BCUT2D eigenvalue weighted by Crippen LogP contribution is -2.42. The van der Waals surface area contributed by atoms with Crippen LogP contribution in [0.4, 0.5) is 13.6 Å². The van der Waals surface area contributed by atoms with Crippen molar-refractivity contribution in [2.75, 3.05) is 19.3 Å². The molecule has 1 aliphatic heterocycles. The number of aromatic nitrogens is 3. The number of benzene rings is 1. The first-order chi connectivity index (χ1) is 16.5. The molecular weight excluding hydrogens is 482 g/mol. The minimum absolute atomic E-state index is 0.149. The number of carbonyl (C=O) groups is 1. The number of piperidine rings is 1. The Morgan fingerprint density at radius 2 is 1.86 bits per heavy atom. The molecule has 3 heterocycles. The van der Waals surface area contributed by atoms with Gasteiger partial charge < -0.3 is 14.4 Å². The van der Waals surface area contributed by atoms with Crippen molar-refractivity contribution in [2.24, 2.45) is 0 Å². The summed E-state index contributed by atoms with van der Waals surface area (Å²) in [7, 11) is -3.94. The first kappa shape index (κ1) is 24.8. The molecule has 1 aromatic carbocycles. The van der Waals surface area contributed by atoms with Gasteiger partial charge in [-0.2, -0.15) is 9.61 Å². The van der Waals surface area contributed by atoms with Crippen molar-refractivity contribution in [1.29, 1.82) is 0 Å². The van der Waals surface area contributed by atoms with Crippen LogP contribution in [0.25, 0.3) is 16.8 Å². The Hall–Kier alpha value is -3.28. The van der Waals surface area contributed by atoms with E-state index in [-0.39, 0.29) is 35.1 Å². The lowest BCUT2D eigenvalue weighted by molar-refractivity contribution is 0.0502. The van der Waals surface area contributed by atoms with Gasteiger partial charge >= 0.3 is 6.09 Å². The van der Waals surface area contributed by atoms with Gasteiger partial charge in [-0.05, 0) is 32.9 Å². The molecule has 1 aliphatic rings. The van der Waals surface area contributed by atoms with Crippen LogP contribution in [0.5, 0.6) is 5.88 Å². The van der Waals surface area contributed by atoms with Crippen molar-refractivity contribution >= 4 is 21.6 Å². The molecule has 0 unspecified atom stereocenters. The highest BCUT2D eigenvalue weighted by atomic mass is 32.2. The van der Waals surface area contributed by atoms with Crippen molar-refractivity contribution in [1.82, 2.24) is 19.5 Å². The number of amides is 1. The number of nitrogens with zero attached hydrogens (tertiary/aromatic N) is 4. The Labute approximate surface area is 201 Å². The van der Waals surface area contributed by atoms with Gasteiger partial charge in [-0.15, -0.1) is 0 Å². The molecule has 0 atom stereocenters. The summed E-state index contributed by atoms with van der Waals surface area (Å²) in [5.74, 6) is -1.60. The molecule has 188 valence electrons. The van der Waals surface area contributed by atoms with Crippen LogP contribution in [0.3, 0.4) is 0 Å². The van der Waals surface area contributed by atoms with Gasteiger partial charge in [0.15, 0.2) is 15.5 Å². The molecule has 3 aromatic rings. The minimum Gasteiger partial charge on any atom is -0.474 e. The van der Waals surface area contributed by atoms with E-state index in [9.17, 15) is 22.0 Å². The molecule has 1 fully saturated rings. The molecule has 0 N–H and O–H groups in total. The van der Waals surface area contributed by atoms with Crippen molar-refractivity contribution in [2.45, 2.75) is 50.7 Å². The highest BCUT2D eigenvalue weighted by molar-refractivity contribution is 7.90. The number of sulfone groups is 1. The fourth-order valence-electron chi connectivity index (χ4n) is 4.04. The molecule has 0 aliphatic carbocycles. The predicted octanol–water partition coefficient (Wildman–Crippen LogP) is 3.77. The second-order valence-electron chi connectivity index (χ2n) is 8.75. The van der Waals surface area contributed by atoms with E-state index in [0.717, 1.165) is 12.3 Å². The zero-order valence-electron chi connectivity index (χ0n) is 19.8. The second-order valence-corrected chi connectivity index (χ2v) is 10.7. The van der Waals surface area contributed by atoms with E-state index in [1.807, 2.05) is 0 Å². The third kappa shape index (κ3) is 5.07. The molecule has 0 bridgehead atoms. The van der Waals surface area contributed by atoms with Gasteiger partial charge in [-0.1, -0.05) is 0 Å². The molecule has 0 spiro atoms. The average molecular weight is 509 g/mol. The summed E-state index contributed by atoms with van der Waals surface area (Å²) in [6, 6.07) is 3.13. The Balaban J connectivity index is 1.61. The standard InChI is InChI=1S/C23H26F2N4O5S/c1-13(2)33-23(30)28-9-6-15(7-10-28)34-20-5-8-26-22-21(14(3)27-29(20)22)16-11-18(25)19(12-17(16)24)35(4,31)32/h5,8,11-13,15H,6-7,9-10H2,1-4H3. The second kappa shape index (κ2) is 9.40. The summed E-state index contributed by atoms with van der Waals surface area (Å²) in [5.41, 5.74) is 0.690. The van der Waals surface area contributed by atoms with Crippen molar-refractivity contribution in [3.63, 3.8) is 0 Å². The molecule has 9 nitrogen and oxygen atoms in total. The number of hydrogen-bond donors (Lipinski definition) is 0. The molecule has 1 amide bonds. The van der Waals surface area contributed by atoms with Crippen LogP contribution in [0.1, 0.15) is 32.4 Å². The number of carbonyl (C=O) groups excluding carboxylic acids is 1. The van der Waals surface area contributed by atoms with Crippen LogP contribution in [0.15, 0.2) is 29.3 Å². The smallest absolute Gasteiger partial charge is 0.410 e. The third-order valence-electron chi connectivity index (χ3n) is 5.67. The Morgan fingerprint density at radius 3 is 2.49 bits per heavy atom. The van der Waals surface area contributed by atoms with Gasteiger partial charge in [0.25, 0.3) is 0 Å². The Kier molecular flexibility index (Phi) is 6.67. The normalized spacial score (nSPS) is 15.1. The van der Waals surface area contributed by atoms with E-state index in [4.69, 9.17) is 9.47 Å². The summed E-state index contributed by atoms with van der Waals surface area (Å²) in [6.07, 6.45) is 2.71. The van der Waals surface area contributed by atoms with E-state index in [0.29, 0.717) is 43.6 Å². The molecule has 1 saturated heterocycles. The summed E-state index contributed by atoms with van der Waals surface area (Å²) in [6.45, 7) is 6.16. The van der Waals surface area contributed by atoms with Crippen LogP contribution in [0, 0.1) is 18.6 Å². The Morgan fingerprint density at radius 1 is 1.17 bits per heavy atom. The maximum atomic E-state index is 14.9. The number of hydrogen-bond acceptors (Lipinski definition) is 7. The monoisotopic (exact) mass is 508 g/mol. The largest absolute Gasteiger partial charge is 0.474 e. The molecular formula is C23H26F2N4O5S. The van der Waals surface area contributed by atoms with Gasteiger partial charge in [0, 0.05) is 50.0 Å². The van der Waals surface area contributed by atoms with Crippen molar-refractivity contribution in [3.8, 4) is 17.0 Å². The zero-order chi connectivity index (χ0) is 25.5. The van der Waals surface area contributed by atoms with Crippen molar-refractivity contribution in [3.05, 3.63) is 41.7 Å². The number of ether oxygens (including phenoxy) is 2. The first-order valence-corrected chi connectivity index (χ1v) is 13.0. The fourth-order valence-corrected chi connectivity index (χ4v) is 4.77. The predicted molar refractivity (Wildman–Crippen MR) is 123 cm³/mol. The van der Waals surface area contributed by atoms with Crippen LogP contribution in [-0.2, 0) is 14.6 Å². The van der Waals surface area contributed by atoms with Gasteiger partial charge in [-0.3, -0.25) is 0 Å². The van der Waals surface area contributed by atoms with Gasteiger partial charge in [0.05, 0.1) is 17.4 Å². The van der Waals surface area contributed by atoms with Crippen LogP contribution < -0.4 is 4.74 Å². The summed E-state index contributed by atoms with van der Waals surface area (Å²) in [5, 5.41) is 4.41. The zero-order valence-corrected chi connectivity index (χ0v) is 20.6. The lowest BCUT2D eigenvalue weighted by atomic mass is 10.1. The topological polar surface area (TPSA) is 103 Å². The molecule has 2 aromatic heterocycles. The van der Waals surface area contributed by atoms with Crippen molar-refractivity contribution < 1.29 is 31.5 Å². The van der Waals surface area contributed by atoms with Gasteiger partial charge in [-0.25, -0.2) is 27.0 Å². The highest BCUT2D eigenvalue weighted by Crippen LogP contribution is 2.34. The van der Waals surface area contributed by atoms with Crippen LogP contribution >= 0.6 is 0 Å². The molecule has 35 heavy (non-hydrogen) atoms. The summed E-state index contributed by atoms with van der Waals surface area (Å²) in [4.78, 5) is 17.3. The first-order valence-electron chi connectivity index (χ1n) is 11.1. The number of halogens is 2. The maximum absolute atomic E-state index is 14.9. The van der Waals surface area contributed by atoms with E-state index in [1.165, 1.54) is 10.7 Å². The van der Waals surface area contributed by atoms with E-state index < -0.39 is 26.4 Å².